The highest BCUT2D eigenvalue weighted by Crippen LogP contribution is 2.32. The summed E-state index contributed by atoms with van der Waals surface area (Å²) >= 11 is 0. The topological polar surface area (TPSA) is 75.3 Å². The maximum Gasteiger partial charge on any atom is 0.255 e. The van der Waals surface area contributed by atoms with Gasteiger partial charge in [-0.3, -0.25) is 4.79 Å². The molecule has 26 heavy (non-hydrogen) atoms. The van der Waals surface area contributed by atoms with Crippen molar-refractivity contribution < 1.29 is 13.2 Å². The summed E-state index contributed by atoms with van der Waals surface area (Å²) in [5.41, 5.74) is 2.30. The van der Waals surface area contributed by atoms with Crippen LogP contribution in [0.1, 0.15) is 53.9 Å². The van der Waals surface area contributed by atoms with Gasteiger partial charge in [0.25, 0.3) is 5.91 Å². The van der Waals surface area contributed by atoms with E-state index in [-0.39, 0.29) is 10.8 Å². The van der Waals surface area contributed by atoms with Gasteiger partial charge < -0.3 is 5.32 Å². The highest BCUT2D eigenvalue weighted by Gasteiger charge is 2.16. The van der Waals surface area contributed by atoms with Crippen molar-refractivity contribution >= 4 is 21.6 Å². The molecule has 1 fully saturated rings. The molecule has 0 heterocycles. The average Bonchev–Trinajstić information content (AvgIpc) is 2.69. The van der Waals surface area contributed by atoms with Gasteiger partial charge in [0.2, 0.25) is 10.0 Å². The molecule has 2 aromatic rings. The minimum atomic E-state index is -3.54. The lowest BCUT2D eigenvalue weighted by Gasteiger charge is -2.22. The summed E-state index contributed by atoms with van der Waals surface area (Å²) in [6, 6.07) is 14.0. The molecule has 1 aliphatic carbocycles. The van der Waals surface area contributed by atoms with Crippen LogP contribution < -0.4 is 10.0 Å². The minimum absolute atomic E-state index is 0.116. The molecule has 0 bridgehead atoms. The summed E-state index contributed by atoms with van der Waals surface area (Å²) in [4.78, 5) is 12.6. The third-order valence-corrected chi connectivity index (χ3v) is 6.33. The Hall–Kier alpha value is -2.18. The molecule has 0 radical (unpaired) electrons. The molecular formula is C20H24N2O3S. The number of amides is 1. The molecule has 0 aromatic heterocycles. The number of anilines is 1. The lowest BCUT2D eigenvalue weighted by molar-refractivity contribution is 0.102. The molecule has 5 nitrogen and oxygen atoms in total. The van der Waals surface area contributed by atoms with Gasteiger partial charge in [0.1, 0.15) is 0 Å². The van der Waals surface area contributed by atoms with Crippen LogP contribution in [0.2, 0.25) is 0 Å². The van der Waals surface area contributed by atoms with E-state index in [1.54, 1.807) is 12.1 Å². The summed E-state index contributed by atoms with van der Waals surface area (Å²) in [6.45, 7) is 0. The van der Waals surface area contributed by atoms with E-state index in [4.69, 9.17) is 0 Å². The summed E-state index contributed by atoms with van der Waals surface area (Å²) in [5, 5.41) is 2.76. The second-order valence-electron chi connectivity index (χ2n) is 6.65. The van der Waals surface area contributed by atoms with Crippen LogP contribution in [0.15, 0.2) is 53.4 Å². The smallest absolute Gasteiger partial charge is 0.255 e. The molecule has 3 rings (SSSR count). The second-order valence-corrected chi connectivity index (χ2v) is 8.53. The fourth-order valence-corrected chi connectivity index (χ4v) is 4.18. The predicted octanol–water partition coefficient (Wildman–Crippen LogP) is 3.89. The van der Waals surface area contributed by atoms with Gasteiger partial charge in [-0.15, -0.1) is 0 Å². The minimum Gasteiger partial charge on any atom is -0.322 e. The van der Waals surface area contributed by atoms with Gasteiger partial charge >= 0.3 is 0 Å². The number of hydrogen-bond donors (Lipinski definition) is 2. The normalized spacial score (nSPS) is 15.6. The molecular weight excluding hydrogens is 348 g/mol. The van der Waals surface area contributed by atoms with E-state index < -0.39 is 10.0 Å². The van der Waals surface area contributed by atoms with Crippen molar-refractivity contribution in [2.75, 3.05) is 12.4 Å². The van der Waals surface area contributed by atoms with Crippen LogP contribution in [0.3, 0.4) is 0 Å². The van der Waals surface area contributed by atoms with Gasteiger partial charge in [-0.1, -0.05) is 37.5 Å². The molecule has 2 aromatic carbocycles. The van der Waals surface area contributed by atoms with Crippen LogP contribution in [0, 0.1) is 0 Å². The molecule has 0 unspecified atom stereocenters. The molecule has 138 valence electrons. The molecule has 2 N–H and O–H groups in total. The maximum atomic E-state index is 12.5. The van der Waals surface area contributed by atoms with E-state index in [0.717, 1.165) is 0 Å². The first kappa shape index (κ1) is 18.6. The van der Waals surface area contributed by atoms with Crippen molar-refractivity contribution in [2.24, 2.45) is 0 Å². The SMILES string of the molecule is CNS(=O)(=O)c1cccc(NC(=O)c2ccc(C3CCCCC3)cc2)c1. The summed E-state index contributed by atoms with van der Waals surface area (Å²) in [6.07, 6.45) is 6.31. The number of rotatable bonds is 5. The van der Waals surface area contributed by atoms with Crippen molar-refractivity contribution in [3.8, 4) is 0 Å². The predicted molar refractivity (Wildman–Crippen MR) is 103 cm³/mol. The van der Waals surface area contributed by atoms with Crippen LogP contribution in [-0.4, -0.2) is 21.4 Å². The van der Waals surface area contributed by atoms with E-state index in [1.807, 2.05) is 24.3 Å². The van der Waals surface area contributed by atoms with Crippen molar-refractivity contribution in [1.82, 2.24) is 4.72 Å². The van der Waals surface area contributed by atoms with E-state index in [2.05, 4.69) is 10.0 Å². The van der Waals surface area contributed by atoms with Gasteiger partial charge in [0.05, 0.1) is 4.90 Å². The van der Waals surface area contributed by atoms with Crippen LogP contribution in [0.25, 0.3) is 0 Å². The highest BCUT2D eigenvalue weighted by molar-refractivity contribution is 7.89. The molecule has 0 saturated heterocycles. The van der Waals surface area contributed by atoms with Crippen molar-refractivity contribution in [3.63, 3.8) is 0 Å². The number of sulfonamides is 1. The van der Waals surface area contributed by atoms with Gasteiger partial charge in [-0.2, -0.15) is 0 Å². The van der Waals surface area contributed by atoms with Crippen LogP contribution in [0.5, 0.6) is 0 Å². The van der Waals surface area contributed by atoms with Gasteiger partial charge in [0, 0.05) is 11.3 Å². The lowest BCUT2D eigenvalue weighted by Crippen LogP contribution is -2.19. The highest BCUT2D eigenvalue weighted by atomic mass is 32.2. The van der Waals surface area contributed by atoms with E-state index in [0.29, 0.717) is 17.2 Å². The van der Waals surface area contributed by atoms with E-state index >= 15 is 0 Å². The van der Waals surface area contributed by atoms with Crippen molar-refractivity contribution in [2.45, 2.75) is 42.9 Å². The Labute approximate surface area is 154 Å². The quantitative estimate of drug-likeness (QED) is 0.836. The largest absolute Gasteiger partial charge is 0.322 e. The average molecular weight is 372 g/mol. The fourth-order valence-electron chi connectivity index (χ4n) is 3.40. The molecule has 0 atom stereocenters. The standard InChI is InChI=1S/C20H24N2O3S/c1-21-26(24,25)19-9-5-8-18(14-19)22-20(23)17-12-10-16(11-13-17)15-6-3-2-4-7-15/h5,8-15,21H,2-4,6-7H2,1H3,(H,22,23). The van der Waals surface area contributed by atoms with Crippen molar-refractivity contribution in [3.05, 3.63) is 59.7 Å². The molecule has 0 spiro atoms. The van der Waals surface area contributed by atoms with Crippen LogP contribution in [-0.2, 0) is 10.0 Å². The van der Waals surface area contributed by atoms with Gasteiger partial charge in [0.15, 0.2) is 0 Å². The number of carbonyl (C=O) groups excluding carboxylic acids is 1. The molecule has 1 aliphatic rings. The van der Waals surface area contributed by atoms with Gasteiger partial charge in [-0.05, 0) is 61.7 Å². The Balaban J connectivity index is 1.71. The van der Waals surface area contributed by atoms with Crippen molar-refractivity contribution in [1.29, 1.82) is 0 Å². The first-order valence-corrected chi connectivity index (χ1v) is 10.4. The van der Waals surface area contributed by atoms with Crippen LogP contribution in [0.4, 0.5) is 5.69 Å². The lowest BCUT2D eigenvalue weighted by atomic mass is 9.84. The zero-order valence-corrected chi connectivity index (χ0v) is 15.7. The Bertz CT molecular complexity index is 870. The summed E-state index contributed by atoms with van der Waals surface area (Å²) in [5.74, 6) is 0.350. The third kappa shape index (κ3) is 4.31. The Morgan fingerprint density at radius 2 is 1.69 bits per heavy atom. The van der Waals surface area contributed by atoms with Crippen LogP contribution >= 0.6 is 0 Å². The number of carbonyl (C=O) groups is 1. The molecule has 6 heteroatoms. The van der Waals surface area contributed by atoms with E-state index in [9.17, 15) is 13.2 Å². The van der Waals surface area contributed by atoms with Gasteiger partial charge in [-0.25, -0.2) is 13.1 Å². The first-order valence-electron chi connectivity index (χ1n) is 8.94. The second kappa shape index (κ2) is 8.01. The monoisotopic (exact) mass is 372 g/mol. The van der Waals surface area contributed by atoms with E-state index in [1.165, 1.54) is 56.8 Å². The number of hydrogen-bond acceptors (Lipinski definition) is 3. The summed E-state index contributed by atoms with van der Waals surface area (Å²) < 4.78 is 26.0. The Kier molecular flexibility index (Phi) is 5.74. The zero-order valence-electron chi connectivity index (χ0n) is 14.9. The first-order chi connectivity index (χ1) is 12.5. The Morgan fingerprint density at radius 1 is 1.00 bits per heavy atom. The Morgan fingerprint density at radius 3 is 2.35 bits per heavy atom. The fraction of sp³-hybridized carbons (Fsp3) is 0.350. The number of nitrogens with one attached hydrogen (secondary N) is 2. The molecule has 1 amide bonds. The summed E-state index contributed by atoms with van der Waals surface area (Å²) in [7, 11) is -2.18. The number of benzene rings is 2. The maximum absolute atomic E-state index is 12.5. The molecule has 0 aliphatic heterocycles. The molecule has 1 saturated carbocycles. The zero-order chi connectivity index (χ0) is 18.6. The third-order valence-electron chi connectivity index (χ3n) is 4.92.